The lowest BCUT2D eigenvalue weighted by molar-refractivity contribution is -0.113. The van der Waals surface area contributed by atoms with Gasteiger partial charge in [-0.25, -0.2) is 0 Å². The second-order valence-electron chi connectivity index (χ2n) is 3.40. The number of rotatable bonds is 5. The lowest BCUT2D eigenvalue weighted by atomic mass is 10.2. The van der Waals surface area contributed by atoms with E-state index in [0.29, 0.717) is 17.2 Å². The molecular weight excluding hydrogens is 224 g/mol. The Morgan fingerprint density at radius 2 is 2.31 bits per heavy atom. The molecule has 4 N–H and O–H groups in total. The molecule has 0 spiro atoms. The number of carbonyl (C=O) groups is 1. The van der Waals surface area contributed by atoms with Crippen LogP contribution in [0.15, 0.2) is 18.2 Å². The lowest BCUT2D eigenvalue weighted by Crippen LogP contribution is -2.15. The van der Waals surface area contributed by atoms with Gasteiger partial charge >= 0.3 is 0 Å². The van der Waals surface area contributed by atoms with Gasteiger partial charge in [-0.15, -0.1) is 11.8 Å². The molecule has 1 amide bonds. The summed E-state index contributed by atoms with van der Waals surface area (Å²) in [5, 5.41) is 11.4. The number of aliphatic hydroxyl groups excluding tert-OH is 1. The molecule has 1 aromatic carbocycles. The van der Waals surface area contributed by atoms with Crippen LogP contribution < -0.4 is 11.1 Å². The van der Waals surface area contributed by atoms with Crippen molar-refractivity contribution in [2.75, 3.05) is 29.2 Å². The van der Waals surface area contributed by atoms with Gasteiger partial charge in [0.1, 0.15) is 0 Å². The predicted octanol–water partition coefficient (Wildman–Crippen LogP) is 1.24. The molecule has 88 valence electrons. The molecule has 0 atom stereocenters. The zero-order valence-corrected chi connectivity index (χ0v) is 10.0. The van der Waals surface area contributed by atoms with Crippen LogP contribution in [0.2, 0.25) is 0 Å². The minimum absolute atomic E-state index is 0.0767. The number of aliphatic hydroxyl groups is 1. The molecule has 4 nitrogen and oxygen atoms in total. The van der Waals surface area contributed by atoms with Crippen LogP contribution in [0.5, 0.6) is 0 Å². The van der Waals surface area contributed by atoms with Crippen molar-refractivity contribution in [3.05, 3.63) is 23.8 Å². The highest BCUT2D eigenvalue weighted by atomic mass is 32.2. The number of anilines is 2. The van der Waals surface area contributed by atoms with Gasteiger partial charge in [-0.3, -0.25) is 4.79 Å². The summed E-state index contributed by atoms with van der Waals surface area (Å²) in [6.07, 6.45) is 0. The largest absolute Gasteiger partial charge is 0.399 e. The maximum atomic E-state index is 11.5. The van der Waals surface area contributed by atoms with Crippen molar-refractivity contribution in [1.82, 2.24) is 0 Å². The third-order valence-electron chi connectivity index (χ3n) is 2.00. The molecule has 1 aromatic rings. The van der Waals surface area contributed by atoms with E-state index < -0.39 is 0 Å². The molecule has 0 bridgehead atoms. The Morgan fingerprint density at radius 3 is 3.00 bits per heavy atom. The number of nitrogens with one attached hydrogen (secondary N) is 1. The van der Waals surface area contributed by atoms with Gasteiger partial charge in [0.2, 0.25) is 5.91 Å². The first-order chi connectivity index (χ1) is 7.63. The summed E-state index contributed by atoms with van der Waals surface area (Å²) in [5.74, 6) is 0.838. The summed E-state index contributed by atoms with van der Waals surface area (Å²) < 4.78 is 0. The van der Waals surface area contributed by atoms with Gasteiger partial charge in [0.25, 0.3) is 0 Å². The van der Waals surface area contributed by atoms with E-state index in [1.807, 2.05) is 13.0 Å². The van der Waals surface area contributed by atoms with Crippen molar-refractivity contribution in [2.24, 2.45) is 0 Å². The van der Waals surface area contributed by atoms with E-state index in [0.717, 1.165) is 11.3 Å². The molecule has 0 radical (unpaired) electrons. The van der Waals surface area contributed by atoms with Gasteiger partial charge in [-0.05, 0) is 24.6 Å². The smallest absolute Gasteiger partial charge is 0.234 e. The fourth-order valence-corrected chi connectivity index (χ4v) is 1.72. The number of thioether (sulfide) groups is 1. The van der Waals surface area contributed by atoms with Crippen LogP contribution in [0.1, 0.15) is 5.56 Å². The normalized spacial score (nSPS) is 10.1. The first-order valence-corrected chi connectivity index (χ1v) is 6.13. The van der Waals surface area contributed by atoms with Crippen molar-refractivity contribution < 1.29 is 9.90 Å². The van der Waals surface area contributed by atoms with Crippen LogP contribution in [0.4, 0.5) is 11.4 Å². The Morgan fingerprint density at radius 1 is 1.56 bits per heavy atom. The third-order valence-corrected chi connectivity index (χ3v) is 2.94. The Balaban J connectivity index is 2.52. The van der Waals surface area contributed by atoms with Gasteiger partial charge in [0, 0.05) is 17.1 Å². The Bertz CT molecular complexity index is 369. The SMILES string of the molecule is Cc1ccc(N)cc1NC(=O)CSCCO. The van der Waals surface area contributed by atoms with Crippen molar-refractivity contribution in [1.29, 1.82) is 0 Å². The summed E-state index contributed by atoms with van der Waals surface area (Å²) in [6.45, 7) is 2.01. The van der Waals surface area contributed by atoms with E-state index in [-0.39, 0.29) is 12.5 Å². The van der Waals surface area contributed by atoms with Gasteiger partial charge in [-0.2, -0.15) is 0 Å². The standard InChI is InChI=1S/C11H16N2O2S/c1-8-2-3-9(12)6-10(8)13-11(15)7-16-5-4-14/h2-3,6,14H,4-5,7,12H2,1H3,(H,13,15). The van der Waals surface area contributed by atoms with Crippen LogP contribution in [-0.2, 0) is 4.79 Å². The zero-order valence-electron chi connectivity index (χ0n) is 9.19. The highest BCUT2D eigenvalue weighted by molar-refractivity contribution is 7.99. The average Bonchev–Trinajstić information content (AvgIpc) is 2.24. The number of carbonyl (C=O) groups excluding carboxylic acids is 1. The minimum atomic E-state index is -0.0767. The molecule has 16 heavy (non-hydrogen) atoms. The van der Waals surface area contributed by atoms with Crippen LogP contribution in [0.3, 0.4) is 0 Å². The fraction of sp³-hybridized carbons (Fsp3) is 0.364. The quantitative estimate of drug-likeness (QED) is 0.534. The maximum absolute atomic E-state index is 11.5. The van der Waals surface area contributed by atoms with Crippen molar-refractivity contribution in [2.45, 2.75) is 6.92 Å². The zero-order chi connectivity index (χ0) is 12.0. The maximum Gasteiger partial charge on any atom is 0.234 e. The summed E-state index contributed by atoms with van der Waals surface area (Å²) in [5.41, 5.74) is 7.99. The summed E-state index contributed by atoms with van der Waals surface area (Å²) >= 11 is 1.40. The second-order valence-corrected chi connectivity index (χ2v) is 4.50. The molecule has 0 fully saturated rings. The van der Waals surface area contributed by atoms with Crippen molar-refractivity contribution >= 4 is 29.0 Å². The molecular formula is C11H16N2O2S. The third kappa shape index (κ3) is 4.12. The summed E-state index contributed by atoms with van der Waals surface area (Å²) in [6, 6.07) is 5.40. The van der Waals surface area contributed by atoms with E-state index in [1.165, 1.54) is 11.8 Å². The van der Waals surface area contributed by atoms with E-state index in [4.69, 9.17) is 10.8 Å². The highest BCUT2D eigenvalue weighted by Crippen LogP contribution is 2.18. The molecule has 0 saturated carbocycles. The molecule has 0 heterocycles. The highest BCUT2D eigenvalue weighted by Gasteiger charge is 2.04. The molecule has 0 aromatic heterocycles. The molecule has 0 aliphatic heterocycles. The first kappa shape index (κ1) is 12.9. The Labute approximate surface area is 99.2 Å². The van der Waals surface area contributed by atoms with Gasteiger partial charge in [0.15, 0.2) is 0 Å². The lowest BCUT2D eigenvalue weighted by Gasteiger charge is -2.08. The van der Waals surface area contributed by atoms with Gasteiger partial charge < -0.3 is 16.2 Å². The summed E-state index contributed by atoms with van der Waals surface area (Å²) in [7, 11) is 0. The van der Waals surface area contributed by atoms with Crippen LogP contribution >= 0.6 is 11.8 Å². The second kappa shape index (κ2) is 6.40. The fourth-order valence-electron chi connectivity index (χ4n) is 1.19. The van der Waals surface area contributed by atoms with Crippen LogP contribution in [-0.4, -0.2) is 29.1 Å². The first-order valence-electron chi connectivity index (χ1n) is 4.98. The number of amides is 1. The van der Waals surface area contributed by atoms with Crippen LogP contribution in [0.25, 0.3) is 0 Å². The topological polar surface area (TPSA) is 75.3 Å². The van der Waals surface area contributed by atoms with E-state index in [1.54, 1.807) is 12.1 Å². The van der Waals surface area contributed by atoms with E-state index in [9.17, 15) is 4.79 Å². The molecule has 0 aliphatic rings. The molecule has 0 saturated heterocycles. The Kier molecular flexibility index (Phi) is 5.14. The minimum Gasteiger partial charge on any atom is -0.399 e. The number of nitrogen functional groups attached to an aromatic ring is 1. The van der Waals surface area contributed by atoms with Crippen molar-refractivity contribution in [3.8, 4) is 0 Å². The summed E-state index contributed by atoms with van der Waals surface area (Å²) in [4.78, 5) is 11.5. The van der Waals surface area contributed by atoms with Gasteiger partial charge in [0.05, 0.1) is 12.4 Å². The van der Waals surface area contributed by atoms with E-state index in [2.05, 4.69) is 5.32 Å². The number of aryl methyl sites for hydroxylation is 1. The molecule has 0 unspecified atom stereocenters. The Hall–Kier alpha value is -1.20. The number of nitrogens with two attached hydrogens (primary N) is 1. The molecule has 1 rings (SSSR count). The van der Waals surface area contributed by atoms with Gasteiger partial charge in [-0.1, -0.05) is 6.07 Å². The average molecular weight is 240 g/mol. The predicted molar refractivity (Wildman–Crippen MR) is 68.6 cm³/mol. The number of hydrogen-bond donors (Lipinski definition) is 3. The molecule has 5 heteroatoms. The number of hydrogen-bond acceptors (Lipinski definition) is 4. The monoisotopic (exact) mass is 240 g/mol. The number of benzene rings is 1. The van der Waals surface area contributed by atoms with Crippen molar-refractivity contribution in [3.63, 3.8) is 0 Å². The van der Waals surface area contributed by atoms with Crippen LogP contribution in [0, 0.1) is 6.92 Å². The molecule has 0 aliphatic carbocycles. The van der Waals surface area contributed by atoms with E-state index >= 15 is 0 Å².